The molecular formula is Cl4KSb. The Morgan fingerprint density at radius 2 is 0.500 bits per heavy atom. The molecule has 34 valence electrons. The Balaban J connectivity index is 0. The molecule has 6 heavy (non-hydrogen) atoms. The van der Waals surface area contributed by atoms with Gasteiger partial charge in [-0.15, -0.1) is 0 Å². The molecule has 0 saturated carbocycles. The van der Waals surface area contributed by atoms with Crippen LogP contribution in [0.4, 0.5) is 0 Å². The Kier molecular flexibility index (Phi) is 348. The second-order valence-electron chi connectivity index (χ2n) is 0. The second kappa shape index (κ2) is 38.2. The molecule has 0 aliphatic rings. The quantitative estimate of drug-likeness (QED) is 0.390. The van der Waals surface area contributed by atoms with Gasteiger partial charge in [-0.2, -0.15) is 0 Å². The van der Waals surface area contributed by atoms with Gasteiger partial charge in [-0.1, -0.05) is 0 Å². The van der Waals surface area contributed by atoms with Crippen molar-refractivity contribution in [1.29, 1.82) is 0 Å². The van der Waals surface area contributed by atoms with Crippen LogP contribution < -0.4 is 101 Å². The average Bonchev–Trinajstić information content (AvgIpc) is 0. The zero-order valence-electron chi connectivity index (χ0n) is 2.96. The van der Waals surface area contributed by atoms with E-state index >= 15 is 0 Å². The molecule has 0 rings (SSSR count). The third-order valence-electron chi connectivity index (χ3n) is 0. The maximum Gasteiger partial charge on any atom is 3.00 e. The van der Waals surface area contributed by atoms with Crippen molar-refractivity contribution in [2.45, 2.75) is 0 Å². The summed E-state index contributed by atoms with van der Waals surface area (Å²) in [7, 11) is 0. The van der Waals surface area contributed by atoms with Gasteiger partial charge in [0.25, 0.3) is 0 Å². The van der Waals surface area contributed by atoms with Gasteiger partial charge in [0.2, 0.25) is 0 Å². The van der Waals surface area contributed by atoms with E-state index in [9.17, 15) is 0 Å². The summed E-state index contributed by atoms with van der Waals surface area (Å²) in [4.78, 5) is 0. The molecule has 0 saturated heterocycles. The van der Waals surface area contributed by atoms with Crippen LogP contribution in [0.15, 0.2) is 0 Å². The van der Waals surface area contributed by atoms with Crippen LogP contribution >= 0.6 is 0 Å². The Bertz CT molecular complexity index is 7.51. The molecule has 0 aromatic carbocycles. The monoisotopic (exact) mass is 300 g/mol. The Labute approximate surface area is 122 Å². The fraction of sp³-hybridized carbons (Fsp3) is 0. The van der Waals surface area contributed by atoms with E-state index < -0.39 is 0 Å². The summed E-state index contributed by atoms with van der Waals surface area (Å²) in [5.74, 6) is 0. The zero-order chi connectivity index (χ0) is 0. The standard InChI is InChI=1S/4ClH.K.Sb/h4*1H;;/q;;;;+1;+3/p-4. The van der Waals surface area contributed by atoms with E-state index in [2.05, 4.69) is 0 Å². The molecule has 0 unspecified atom stereocenters. The largest absolute Gasteiger partial charge is 3.00 e. The van der Waals surface area contributed by atoms with E-state index in [1.807, 2.05) is 0 Å². The van der Waals surface area contributed by atoms with E-state index in [0.717, 1.165) is 0 Å². The molecule has 0 atom stereocenters. The molecular weight excluding hydrogens is 303 g/mol. The van der Waals surface area contributed by atoms with Crippen LogP contribution in [0.2, 0.25) is 0 Å². The number of halogens is 4. The average molecular weight is 303 g/mol. The van der Waals surface area contributed by atoms with Crippen LogP contribution in [0, 0.1) is 0 Å². The first-order valence-corrected chi connectivity index (χ1v) is 0. The predicted octanol–water partition coefficient (Wildman–Crippen LogP) is -15.4. The Hall–Kier alpha value is 3.61. The normalized spacial score (nSPS) is 0. The molecule has 0 N–H and O–H groups in total. The van der Waals surface area contributed by atoms with Crippen molar-refractivity contribution in [2.24, 2.45) is 0 Å². The van der Waals surface area contributed by atoms with Crippen LogP contribution in [-0.2, 0) is 0 Å². The summed E-state index contributed by atoms with van der Waals surface area (Å²) in [6, 6.07) is 0. The van der Waals surface area contributed by atoms with Gasteiger partial charge >= 0.3 is 75.8 Å². The third kappa shape index (κ3) is 25.5. The molecule has 0 nitrogen and oxygen atoms in total. The maximum atomic E-state index is 0. The van der Waals surface area contributed by atoms with Crippen LogP contribution in [0.25, 0.3) is 0 Å². The number of hydrogen-bond acceptors (Lipinski definition) is 0. The van der Waals surface area contributed by atoms with Gasteiger partial charge in [0.05, 0.1) is 0 Å². The van der Waals surface area contributed by atoms with Crippen LogP contribution in [0.1, 0.15) is 0 Å². The Morgan fingerprint density at radius 3 is 0.500 bits per heavy atom. The summed E-state index contributed by atoms with van der Waals surface area (Å²) < 4.78 is 0. The van der Waals surface area contributed by atoms with Gasteiger partial charge in [0.1, 0.15) is 0 Å². The molecule has 0 spiro atoms. The topological polar surface area (TPSA) is 0 Å². The molecule has 0 fully saturated rings. The minimum Gasteiger partial charge on any atom is -1.00 e. The van der Waals surface area contributed by atoms with Gasteiger partial charge in [0.15, 0.2) is 0 Å². The molecule has 0 amide bonds. The minimum atomic E-state index is 0. The minimum absolute atomic E-state index is 0. The molecule has 2 radical (unpaired) electrons. The fourth-order valence-electron chi connectivity index (χ4n) is 0. The van der Waals surface area contributed by atoms with E-state index in [1.54, 1.807) is 0 Å². The predicted molar refractivity (Wildman–Crippen MR) is 5.75 cm³/mol. The summed E-state index contributed by atoms with van der Waals surface area (Å²) in [5.41, 5.74) is 0. The number of hydrogen-bond donors (Lipinski definition) is 0. The summed E-state index contributed by atoms with van der Waals surface area (Å²) in [6.07, 6.45) is 0. The van der Waals surface area contributed by atoms with Gasteiger partial charge < -0.3 is 49.6 Å². The van der Waals surface area contributed by atoms with Gasteiger partial charge in [0, 0.05) is 0 Å². The molecule has 0 aromatic rings. The SMILES string of the molecule is [Cl-].[Cl-].[Cl-].[Cl-].[K+].[Sb+3]. The molecule has 0 heterocycles. The summed E-state index contributed by atoms with van der Waals surface area (Å²) in [6.45, 7) is 0. The van der Waals surface area contributed by atoms with Crippen molar-refractivity contribution in [3.8, 4) is 0 Å². The van der Waals surface area contributed by atoms with E-state index in [-0.39, 0.29) is 125 Å². The third-order valence-corrected chi connectivity index (χ3v) is 0. The molecule has 0 aliphatic heterocycles. The van der Waals surface area contributed by atoms with Crippen molar-refractivity contribution in [3.05, 3.63) is 0 Å². The molecule has 6 heteroatoms. The van der Waals surface area contributed by atoms with Crippen molar-refractivity contribution in [1.82, 2.24) is 0 Å². The van der Waals surface area contributed by atoms with Crippen LogP contribution in [0.3, 0.4) is 0 Å². The molecule has 0 aliphatic carbocycles. The van der Waals surface area contributed by atoms with E-state index in [4.69, 9.17) is 0 Å². The summed E-state index contributed by atoms with van der Waals surface area (Å²) in [5, 5.41) is 0. The van der Waals surface area contributed by atoms with Crippen molar-refractivity contribution < 1.29 is 101 Å². The molecule has 0 aromatic heterocycles. The smallest absolute Gasteiger partial charge is 1.00 e. The fourth-order valence-corrected chi connectivity index (χ4v) is 0. The van der Waals surface area contributed by atoms with Gasteiger partial charge in [-0.3, -0.25) is 0 Å². The van der Waals surface area contributed by atoms with Crippen LogP contribution in [-0.4, -0.2) is 24.4 Å². The van der Waals surface area contributed by atoms with E-state index in [0.29, 0.717) is 0 Å². The first-order chi connectivity index (χ1) is 0. The van der Waals surface area contributed by atoms with Crippen LogP contribution in [0.5, 0.6) is 0 Å². The van der Waals surface area contributed by atoms with Gasteiger partial charge in [-0.05, 0) is 0 Å². The van der Waals surface area contributed by atoms with Crippen molar-refractivity contribution in [3.63, 3.8) is 0 Å². The van der Waals surface area contributed by atoms with E-state index in [1.165, 1.54) is 0 Å². The first-order valence-electron chi connectivity index (χ1n) is 0. The second-order valence-corrected chi connectivity index (χ2v) is 0. The maximum absolute atomic E-state index is 0. The zero-order valence-corrected chi connectivity index (χ0v) is 11.7. The van der Waals surface area contributed by atoms with Crippen molar-refractivity contribution >= 4 is 24.4 Å². The Morgan fingerprint density at radius 1 is 0.500 bits per heavy atom. The first kappa shape index (κ1) is 54.6. The summed E-state index contributed by atoms with van der Waals surface area (Å²) >= 11 is 0. The molecule has 0 bridgehead atoms. The van der Waals surface area contributed by atoms with Gasteiger partial charge in [-0.25, -0.2) is 0 Å². The van der Waals surface area contributed by atoms with Crippen molar-refractivity contribution in [2.75, 3.05) is 0 Å². The number of rotatable bonds is 0.